The maximum absolute atomic E-state index is 12.9. The van der Waals surface area contributed by atoms with Crippen molar-refractivity contribution in [1.29, 1.82) is 0 Å². The molecular formula is C16H13F3N4O4. The summed E-state index contributed by atoms with van der Waals surface area (Å²) in [5.41, 5.74) is 0.147. The number of nitro groups is 2. The third-order valence-electron chi connectivity index (χ3n) is 3.62. The molecule has 8 nitrogen and oxygen atoms in total. The van der Waals surface area contributed by atoms with Crippen LogP contribution in [0.15, 0.2) is 35.4 Å². The molecule has 2 rings (SSSR count). The van der Waals surface area contributed by atoms with Crippen molar-refractivity contribution in [1.82, 2.24) is 0 Å². The highest BCUT2D eigenvalue weighted by molar-refractivity contribution is 5.83. The molecule has 0 amide bonds. The van der Waals surface area contributed by atoms with E-state index in [1.54, 1.807) is 19.1 Å². The lowest BCUT2D eigenvalue weighted by Crippen LogP contribution is -2.09. The third-order valence-corrected chi connectivity index (χ3v) is 3.62. The van der Waals surface area contributed by atoms with Crippen LogP contribution in [0.25, 0.3) is 0 Å². The van der Waals surface area contributed by atoms with Gasteiger partial charge in [-0.15, -0.1) is 0 Å². The summed E-state index contributed by atoms with van der Waals surface area (Å²) in [5.74, 6) is 0. The summed E-state index contributed by atoms with van der Waals surface area (Å²) in [4.78, 5) is 20.0. The minimum Gasteiger partial charge on any atom is -0.266 e. The predicted molar refractivity (Wildman–Crippen MR) is 91.9 cm³/mol. The molecule has 0 saturated carbocycles. The second-order valence-corrected chi connectivity index (χ2v) is 5.63. The Morgan fingerprint density at radius 2 is 1.59 bits per heavy atom. The summed E-state index contributed by atoms with van der Waals surface area (Å²) >= 11 is 0. The molecule has 0 aliphatic carbocycles. The number of benzene rings is 2. The Bertz CT molecular complexity index is 907. The Morgan fingerprint density at radius 1 is 1.04 bits per heavy atom. The van der Waals surface area contributed by atoms with Crippen LogP contribution in [-0.2, 0) is 6.18 Å². The summed E-state index contributed by atoms with van der Waals surface area (Å²) in [6.07, 6.45) is -3.71. The number of hydrazone groups is 1. The van der Waals surface area contributed by atoms with E-state index in [9.17, 15) is 33.4 Å². The van der Waals surface area contributed by atoms with E-state index in [-0.39, 0.29) is 12.1 Å². The summed E-state index contributed by atoms with van der Waals surface area (Å²) in [6, 6.07) is 5.80. The van der Waals surface area contributed by atoms with Gasteiger partial charge in [-0.2, -0.15) is 18.3 Å². The zero-order chi connectivity index (χ0) is 20.4. The van der Waals surface area contributed by atoms with Gasteiger partial charge < -0.3 is 0 Å². The van der Waals surface area contributed by atoms with E-state index >= 15 is 0 Å². The van der Waals surface area contributed by atoms with Gasteiger partial charge in [0.1, 0.15) is 0 Å². The zero-order valence-electron chi connectivity index (χ0n) is 14.1. The van der Waals surface area contributed by atoms with E-state index in [0.29, 0.717) is 5.56 Å². The van der Waals surface area contributed by atoms with E-state index in [1.165, 1.54) is 6.21 Å². The number of rotatable bonds is 5. The maximum atomic E-state index is 12.9. The molecular weight excluding hydrogens is 369 g/mol. The topological polar surface area (TPSA) is 111 Å². The van der Waals surface area contributed by atoms with Gasteiger partial charge in [0.15, 0.2) is 0 Å². The van der Waals surface area contributed by atoms with Gasteiger partial charge >= 0.3 is 17.6 Å². The number of anilines is 1. The van der Waals surface area contributed by atoms with Gasteiger partial charge in [-0.1, -0.05) is 23.8 Å². The molecule has 142 valence electrons. The van der Waals surface area contributed by atoms with Gasteiger partial charge in [0.05, 0.1) is 21.6 Å². The minimum atomic E-state index is -4.98. The zero-order valence-corrected chi connectivity index (χ0v) is 14.1. The fourth-order valence-corrected chi connectivity index (χ4v) is 2.31. The lowest BCUT2D eigenvalue weighted by atomic mass is 10.1. The number of nitrogens with one attached hydrogen (secondary N) is 1. The van der Waals surface area contributed by atoms with Crippen molar-refractivity contribution < 1.29 is 23.0 Å². The molecule has 0 aliphatic rings. The van der Waals surface area contributed by atoms with E-state index in [1.807, 2.05) is 13.0 Å². The van der Waals surface area contributed by atoms with E-state index in [4.69, 9.17) is 0 Å². The Labute approximate surface area is 150 Å². The Balaban J connectivity index is 2.49. The monoisotopic (exact) mass is 382 g/mol. The van der Waals surface area contributed by atoms with Crippen LogP contribution >= 0.6 is 0 Å². The van der Waals surface area contributed by atoms with Crippen LogP contribution in [0, 0.1) is 34.1 Å². The molecule has 0 saturated heterocycles. The molecule has 27 heavy (non-hydrogen) atoms. The highest BCUT2D eigenvalue weighted by atomic mass is 19.4. The number of hydrogen-bond donors (Lipinski definition) is 1. The van der Waals surface area contributed by atoms with Crippen molar-refractivity contribution in [2.75, 3.05) is 5.43 Å². The van der Waals surface area contributed by atoms with Crippen LogP contribution in [-0.4, -0.2) is 16.1 Å². The van der Waals surface area contributed by atoms with E-state index < -0.39 is 38.6 Å². The van der Waals surface area contributed by atoms with Gasteiger partial charge in [0.2, 0.25) is 5.69 Å². The second-order valence-electron chi connectivity index (χ2n) is 5.63. The highest BCUT2D eigenvalue weighted by Gasteiger charge is 2.37. The van der Waals surface area contributed by atoms with Gasteiger partial charge in [-0.3, -0.25) is 25.7 Å². The highest BCUT2D eigenvalue weighted by Crippen LogP contribution is 2.41. The summed E-state index contributed by atoms with van der Waals surface area (Å²) < 4.78 is 38.6. The summed E-state index contributed by atoms with van der Waals surface area (Å²) in [5, 5.41) is 26.0. The number of aryl methyl sites for hydroxylation is 2. The Morgan fingerprint density at radius 3 is 2.04 bits per heavy atom. The van der Waals surface area contributed by atoms with Gasteiger partial charge in [0.25, 0.3) is 0 Å². The van der Waals surface area contributed by atoms with Crippen molar-refractivity contribution >= 4 is 23.3 Å². The molecule has 0 unspecified atom stereocenters. The number of halogens is 3. The third kappa shape index (κ3) is 4.57. The molecule has 0 fully saturated rings. The fourth-order valence-electron chi connectivity index (χ4n) is 2.31. The molecule has 0 aromatic heterocycles. The first-order chi connectivity index (χ1) is 12.5. The number of nitro benzene ring substituents is 2. The van der Waals surface area contributed by atoms with Crippen molar-refractivity contribution in [2.24, 2.45) is 5.10 Å². The van der Waals surface area contributed by atoms with Crippen LogP contribution in [0.5, 0.6) is 0 Å². The second kappa shape index (κ2) is 7.40. The van der Waals surface area contributed by atoms with Crippen molar-refractivity contribution in [3.05, 3.63) is 72.8 Å². The first-order valence-electron chi connectivity index (χ1n) is 7.41. The molecule has 0 heterocycles. The normalized spacial score (nSPS) is 11.6. The minimum absolute atomic E-state index is 0.224. The lowest BCUT2D eigenvalue weighted by Gasteiger charge is -2.09. The Hall–Kier alpha value is -3.50. The van der Waals surface area contributed by atoms with E-state index in [0.717, 1.165) is 11.1 Å². The average Bonchev–Trinajstić information content (AvgIpc) is 2.55. The predicted octanol–water partition coefficient (Wildman–Crippen LogP) is 4.58. The van der Waals surface area contributed by atoms with Crippen LogP contribution in [0.3, 0.4) is 0 Å². The average molecular weight is 382 g/mol. The molecule has 1 N–H and O–H groups in total. The van der Waals surface area contributed by atoms with Crippen molar-refractivity contribution in [2.45, 2.75) is 20.0 Å². The van der Waals surface area contributed by atoms with Crippen molar-refractivity contribution in [3.63, 3.8) is 0 Å². The molecule has 0 spiro atoms. The van der Waals surface area contributed by atoms with Gasteiger partial charge in [-0.25, -0.2) is 0 Å². The molecule has 0 atom stereocenters. The lowest BCUT2D eigenvalue weighted by molar-refractivity contribution is -0.392. The largest absolute Gasteiger partial charge is 0.416 e. The van der Waals surface area contributed by atoms with Gasteiger partial charge in [-0.05, 0) is 25.0 Å². The molecule has 2 aromatic rings. The quantitative estimate of drug-likeness (QED) is 0.462. The standard InChI is InChI=1S/C16H13F3N4O4/c1-9-3-4-11(10(2)5-9)8-20-21-15-13(22(24)25)6-12(16(17,18)19)7-14(15)23(26)27/h3-8,21H,1-2H3/b20-8-. The molecule has 0 radical (unpaired) electrons. The van der Waals surface area contributed by atoms with Crippen LogP contribution < -0.4 is 5.43 Å². The summed E-state index contributed by atoms with van der Waals surface area (Å²) in [6.45, 7) is 3.67. The first kappa shape index (κ1) is 19.8. The maximum Gasteiger partial charge on any atom is 0.416 e. The number of alkyl halides is 3. The molecule has 2 aromatic carbocycles. The van der Waals surface area contributed by atoms with E-state index in [2.05, 4.69) is 10.5 Å². The van der Waals surface area contributed by atoms with Gasteiger partial charge in [0, 0.05) is 12.1 Å². The number of hydrogen-bond acceptors (Lipinski definition) is 6. The smallest absolute Gasteiger partial charge is 0.266 e. The van der Waals surface area contributed by atoms with Crippen LogP contribution in [0.4, 0.5) is 30.2 Å². The fraction of sp³-hybridized carbons (Fsp3) is 0.188. The van der Waals surface area contributed by atoms with Crippen LogP contribution in [0.1, 0.15) is 22.3 Å². The first-order valence-corrected chi connectivity index (χ1v) is 7.41. The number of nitrogens with zero attached hydrogens (tertiary/aromatic N) is 3. The molecule has 11 heteroatoms. The van der Waals surface area contributed by atoms with Crippen LogP contribution in [0.2, 0.25) is 0 Å². The Kier molecular flexibility index (Phi) is 5.43. The summed E-state index contributed by atoms with van der Waals surface area (Å²) in [7, 11) is 0. The SMILES string of the molecule is Cc1ccc(/C=N\Nc2c([N+](=O)[O-])cc(C(F)(F)F)cc2[N+](=O)[O-])c(C)c1. The van der Waals surface area contributed by atoms with Crippen molar-refractivity contribution in [3.8, 4) is 0 Å². The molecule has 0 aliphatic heterocycles. The molecule has 0 bridgehead atoms.